The first kappa shape index (κ1) is 20.1. The highest BCUT2D eigenvalue weighted by Gasteiger charge is 2.11. The van der Waals surface area contributed by atoms with Crippen molar-refractivity contribution in [3.05, 3.63) is 89.5 Å². The van der Waals surface area contributed by atoms with E-state index in [-0.39, 0.29) is 5.82 Å². The van der Waals surface area contributed by atoms with Crippen LogP contribution in [-0.2, 0) is 13.1 Å². The third kappa shape index (κ3) is 5.04. The predicted octanol–water partition coefficient (Wildman–Crippen LogP) is 4.46. The summed E-state index contributed by atoms with van der Waals surface area (Å²) in [6, 6.07) is 18.3. The van der Waals surface area contributed by atoms with Crippen molar-refractivity contribution in [3.8, 4) is 17.0 Å². The molecule has 0 saturated heterocycles. The highest BCUT2D eigenvalue weighted by molar-refractivity contribution is 5.71. The Morgan fingerprint density at radius 2 is 1.81 bits per heavy atom. The van der Waals surface area contributed by atoms with E-state index < -0.39 is 0 Å². The molecule has 0 aliphatic carbocycles. The van der Waals surface area contributed by atoms with Gasteiger partial charge in [-0.05, 0) is 23.3 Å². The Morgan fingerprint density at radius 1 is 0.968 bits per heavy atom. The molecule has 0 fully saturated rings. The third-order valence-corrected chi connectivity index (χ3v) is 4.64. The Hall–Kier alpha value is -4.22. The van der Waals surface area contributed by atoms with Gasteiger partial charge in [0.2, 0.25) is 0 Å². The van der Waals surface area contributed by atoms with Crippen molar-refractivity contribution < 1.29 is 4.74 Å². The highest BCUT2D eigenvalue weighted by atomic mass is 16.5. The number of ether oxygens (including phenoxy) is 1. The molecule has 0 amide bonds. The molecule has 8 heteroatoms. The molecule has 154 valence electrons. The van der Waals surface area contributed by atoms with Crippen molar-refractivity contribution in [2.24, 2.45) is 0 Å². The van der Waals surface area contributed by atoms with E-state index in [4.69, 9.17) is 11.3 Å². The van der Waals surface area contributed by atoms with Crippen LogP contribution in [0.2, 0.25) is 0 Å². The van der Waals surface area contributed by atoms with Crippen molar-refractivity contribution in [2.75, 3.05) is 12.4 Å². The molecular weight excluding hydrogens is 390 g/mol. The Kier molecular flexibility index (Phi) is 6.16. The van der Waals surface area contributed by atoms with Gasteiger partial charge in [0.15, 0.2) is 17.8 Å². The van der Waals surface area contributed by atoms with Crippen LogP contribution >= 0.6 is 0 Å². The van der Waals surface area contributed by atoms with E-state index in [0.717, 1.165) is 35.7 Å². The lowest BCUT2D eigenvalue weighted by Gasteiger charge is -2.10. The number of rotatable bonds is 8. The first-order valence-electron chi connectivity index (χ1n) is 9.69. The summed E-state index contributed by atoms with van der Waals surface area (Å²) in [5, 5.41) is 13.8. The Labute approximate surface area is 180 Å². The number of H-pyrrole nitrogens is 1. The first-order chi connectivity index (χ1) is 15.2. The fourth-order valence-corrected chi connectivity index (χ4v) is 3.11. The average Bonchev–Trinajstić information content (AvgIpc) is 3.28. The molecule has 2 heterocycles. The lowest BCUT2D eigenvalue weighted by molar-refractivity contribution is 0.415. The smallest absolute Gasteiger partial charge is 0.288 e. The number of anilines is 2. The monoisotopic (exact) mass is 411 g/mol. The molecule has 0 unspecified atom stereocenters. The zero-order valence-corrected chi connectivity index (χ0v) is 17.0. The van der Waals surface area contributed by atoms with Gasteiger partial charge in [-0.15, -0.1) is 4.98 Å². The van der Waals surface area contributed by atoms with Gasteiger partial charge in [0.25, 0.3) is 5.82 Å². The molecule has 4 aromatic rings. The molecule has 0 saturated carbocycles. The fourth-order valence-electron chi connectivity index (χ4n) is 3.11. The molecule has 4 rings (SSSR count). The van der Waals surface area contributed by atoms with Crippen molar-refractivity contribution in [2.45, 2.75) is 13.1 Å². The van der Waals surface area contributed by atoms with Crippen LogP contribution in [0.15, 0.2) is 67.0 Å². The standard InChI is InChI=1S/C23H21N7O/c1-24-22-14-27-23(15-26-22)28-21-11-19(29-30-21)18-9-8-17(10-20(18)31-2)13-25-12-16-6-4-3-5-7-16/h3-11,14-15,25H,12-13H2,2H3,(H2,27,28,29,30). The average molecular weight is 411 g/mol. The minimum atomic E-state index is 0.247. The molecular formula is C23H21N7O. The summed E-state index contributed by atoms with van der Waals surface area (Å²) in [4.78, 5) is 11.4. The second-order valence-corrected chi connectivity index (χ2v) is 6.79. The molecule has 2 aromatic carbocycles. The van der Waals surface area contributed by atoms with Crippen LogP contribution in [0, 0.1) is 6.57 Å². The number of benzene rings is 2. The van der Waals surface area contributed by atoms with Gasteiger partial charge in [0, 0.05) is 24.7 Å². The van der Waals surface area contributed by atoms with Crippen molar-refractivity contribution >= 4 is 17.5 Å². The molecule has 0 radical (unpaired) electrons. The van der Waals surface area contributed by atoms with Gasteiger partial charge in [0.1, 0.15) is 5.75 Å². The largest absolute Gasteiger partial charge is 0.496 e. The number of aromatic amines is 1. The van der Waals surface area contributed by atoms with E-state index in [1.807, 2.05) is 36.4 Å². The summed E-state index contributed by atoms with van der Waals surface area (Å²) in [6.45, 7) is 8.48. The van der Waals surface area contributed by atoms with Gasteiger partial charge in [-0.1, -0.05) is 43.0 Å². The lowest BCUT2D eigenvalue weighted by Crippen LogP contribution is -2.12. The molecule has 3 N–H and O–H groups in total. The Bertz CT molecular complexity index is 1180. The quantitative estimate of drug-likeness (QED) is 0.371. The van der Waals surface area contributed by atoms with Gasteiger partial charge >= 0.3 is 0 Å². The van der Waals surface area contributed by atoms with Gasteiger partial charge in [-0.2, -0.15) is 5.10 Å². The molecule has 0 bridgehead atoms. The summed E-state index contributed by atoms with van der Waals surface area (Å²) >= 11 is 0. The van der Waals surface area contributed by atoms with E-state index in [1.165, 1.54) is 18.0 Å². The van der Waals surface area contributed by atoms with Crippen molar-refractivity contribution in [1.82, 2.24) is 25.5 Å². The van der Waals surface area contributed by atoms with Crippen molar-refractivity contribution in [3.63, 3.8) is 0 Å². The van der Waals surface area contributed by atoms with Gasteiger partial charge in [-0.25, -0.2) is 4.98 Å². The zero-order valence-electron chi connectivity index (χ0n) is 17.0. The van der Waals surface area contributed by atoms with E-state index in [2.05, 4.69) is 53.8 Å². The van der Waals surface area contributed by atoms with Crippen LogP contribution in [0.1, 0.15) is 11.1 Å². The molecule has 8 nitrogen and oxygen atoms in total. The Morgan fingerprint density at radius 3 is 2.55 bits per heavy atom. The number of nitrogens with one attached hydrogen (secondary N) is 3. The summed E-state index contributed by atoms with van der Waals surface area (Å²) in [6.07, 6.45) is 2.91. The first-order valence-corrected chi connectivity index (χ1v) is 9.69. The van der Waals surface area contributed by atoms with Gasteiger partial charge in [0.05, 0.1) is 19.0 Å². The van der Waals surface area contributed by atoms with Crippen LogP contribution in [-0.4, -0.2) is 27.3 Å². The topological polar surface area (TPSA) is 92.1 Å². The minimum absolute atomic E-state index is 0.247. The number of methoxy groups -OCH3 is 1. The maximum absolute atomic E-state index is 6.93. The van der Waals surface area contributed by atoms with Gasteiger partial charge in [-0.3, -0.25) is 5.10 Å². The maximum atomic E-state index is 6.93. The number of hydrogen-bond donors (Lipinski definition) is 3. The second kappa shape index (κ2) is 9.52. The van der Waals surface area contributed by atoms with Crippen molar-refractivity contribution in [1.29, 1.82) is 0 Å². The van der Waals surface area contributed by atoms with Crippen LogP contribution in [0.25, 0.3) is 16.1 Å². The lowest BCUT2D eigenvalue weighted by atomic mass is 10.1. The third-order valence-electron chi connectivity index (χ3n) is 4.64. The number of aromatic nitrogens is 4. The summed E-state index contributed by atoms with van der Waals surface area (Å²) in [5.74, 6) is 2.11. The normalized spacial score (nSPS) is 10.5. The second-order valence-electron chi connectivity index (χ2n) is 6.79. The Balaban J connectivity index is 1.43. The highest BCUT2D eigenvalue weighted by Crippen LogP contribution is 2.31. The van der Waals surface area contributed by atoms with Gasteiger partial charge < -0.3 is 20.2 Å². The van der Waals surface area contributed by atoms with Crippen LogP contribution in [0.4, 0.5) is 17.5 Å². The molecule has 0 atom stereocenters. The van der Waals surface area contributed by atoms with E-state index in [9.17, 15) is 0 Å². The number of hydrogen-bond acceptors (Lipinski definition) is 6. The molecule has 0 spiro atoms. The van der Waals surface area contributed by atoms with E-state index in [1.54, 1.807) is 7.11 Å². The molecule has 2 aromatic heterocycles. The zero-order chi connectivity index (χ0) is 21.5. The van der Waals surface area contributed by atoms with Crippen LogP contribution in [0.5, 0.6) is 5.75 Å². The number of nitrogens with zero attached hydrogens (tertiary/aromatic N) is 4. The summed E-state index contributed by atoms with van der Waals surface area (Å²) < 4.78 is 5.61. The van der Waals surface area contributed by atoms with E-state index in [0.29, 0.717) is 11.6 Å². The molecule has 31 heavy (non-hydrogen) atoms. The summed E-state index contributed by atoms with van der Waals surface area (Å²) in [5.41, 5.74) is 4.10. The minimum Gasteiger partial charge on any atom is -0.496 e. The fraction of sp³-hybridized carbons (Fsp3) is 0.130. The summed E-state index contributed by atoms with van der Waals surface area (Å²) in [7, 11) is 1.66. The molecule has 0 aliphatic rings. The van der Waals surface area contributed by atoms with Crippen LogP contribution < -0.4 is 15.4 Å². The maximum Gasteiger partial charge on any atom is 0.288 e. The van der Waals surface area contributed by atoms with Crippen LogP contribution in [0.3, 0.4) is 0 Å². The van der Waals surface area contributed by atoms with E-state index >= 15 is 0 Å². The SMILES string of the molecule is [C-]#[N+]c1cnc(Nc2cc(-c3ccc(CNCc4ccccc4)cc3OC)[nH]n2)cn1. The molecule has 0 aliphatic heterocycles. The predicted molar refractivity (Wildman–Crippen MR) is 119 cm³/mol.